The van der Waals surface area contributed by atoms with Crippen LogP contribution in [0.4, 0.5) is 4.39 Å². The number of nitrogens with one attached hydrogen (secondary N) is 2. The number of thiazole rings is 1. The molecule has 1 unspecified atom stereocenters. The lowest BCUT2D eigenvalue weighted by Crippen LogP contribution is -2.43. The molecule has 178 valence electrons. The van der Waals surface area contributed by atoms with Crippen LogP contribution in [0.15, 0.2) is 28.6 Å². The molecule has 1 aromatic heterocycles. The molecule has 0 bridgehead atoms. The second-order valence-corrected chi connectivity index (χ2v) is 8.96. The molecule has 1 fully saturated rings. The summed E-state index contributed by atoms with van der Waals surface area (Å²) >= 11 is 1.76. The van der Waals surface area contributed by atoms with Crippen LogP contribution in [0.3, 0.4) is 0 Å². The Hall–Kier alpha value is -1.46. The number of piperidine rings is 1. The minimum absolute atomic E-state index is 0. The number of guanidine groups is 1. The highest BCUT2D eigenvalue weighted by atomic mass is 127. The Kier molecular flexibility index (Phi) is 11.1. The number of halogens is 2. The minimum atomic E-state index is -0.355. The highest BCUT2D eigenvalue weighted by Gasteiger charge is 2.20. The van der Waals surface area contributed by atoms with E-state index in [0.29, 0.717) is 5.92 Å². The topological polar surface area (TPSA) is 61.8 Å². The standard InChI is InChI=1S/C23H34FN5OS.HI/c1-5-22-28-19(15-31-22)14-29-10-8-17(9-11-29)13-26-23(25-3)27-16(2)18-6-7-21(30-4)20(24)12-18;/h6-7,12,15-17H,5,8-11,13-14H2,1-4H3,(H2,25,26,27);1H. The first-order valence-electron chi connectivity index (χ1n) is 11.0. The van der Waals surface area contributed by atoms with Crippen LogP contribution in [-0.2, 0) is 13.0 Å². The van der Waals surface area contributed by atoms with Gasteiger partial charge in [-0.05, 0) is 62.9 Å². The maximum Gasteiger partial charge on any atom is 0.191 e. The van der Waals surface area contributed by atoms with Crippen molar-refractivity contribution in [2.75, 3.05) is 33.8 Å². The summed E-state index contributed by atoms with van der Waals surface area (Å²) in [5, 5.41) is 10.2. The number of ether oxygens (including phenoxy) is 1. The molecule has 0 saturated carbocycles. The maximum atomic E-state index is 14.0. The van der Waals surface area contributed by atoms with Crippen LogP contribution in [0.1, 0.15) is 49.0 Å². The van der Waals surface area contributed by atoms with Gasteiger partial charge in [-0.1, -0.05) is 13.0 Å². The van der Waals surface area contributed by atoms with Gasteiger partial charge in [0.25, 0.3) is 0 Å². The number of aryl methyl sites for hydroxylation is 1. The summed E-state index contributed by atoms with van der Waals surface area (Å²) in [5.74, 6) is 1.25. The van der Waals surface area contributed by atoms with E-state index in [1.807, 2.05) is 13.0 Å². The fourth-order valence-electron chi connectivity index (χ4n) is 3.84. The van der Waals surface area contributed by atoms with Crippen LogP contribution in [0, 0.1) is 11.7 Å². The SMILES string of the molecule is CCc1nc(CN2CCC(CNC(=NC)NC(C)c3ccc(OC)c(F)c3)CC2)cs1.I. The number of likely N-dealkylation sites (tertiary alicyclic amines) is 1. The van der Waals surface area contributed by atoms with Gasteiger partial charge < -0.3 is 15.4 Å². The number of rotatable bonds is 8. The Balaban J connectivity index is 0.00000363. The molecule has 0 radical (unpaired) electrons. The van der Waals surface area contributed by atoms with Gasteiger partial charge in [-0.15, -0.1) is 35.3 Å². The normalized spacial score (nSPS) is 16.3. The largest absolute Gasteiger partial charge is 0.494 e. The summed E-state index contributed by atoms with van der Waals surface area (Å²) in [4.78, 5) is 11.5. The summed E-state index contributed by atoms with van der Waals surface area (Å²) in [7, 11) is 3.23. The Labute approximate surface area is 212 Å². The number of aromatic nitrogens is 1. The van der Waals surface area contributed by atoms with Gasteiger partial charge in [0, 0.05) is 25.5 Å². The van der Waals surface area contributed by atoms with Crippen molar-refractivity contribution in [3.05, 3.63) is 45.7 Å². The van der Waals surface area contributed by atoms with Gasteiger partial charge in [0.15, 0.2) is 17.5 Å². The van der Waals surface area contributed by atoms with E-state index in [2.05, 4.69) is 32.8 Å². The fourth-order valence-corrected chi connectivity index (χ4v) is 4.57. The van der Waals surface area contributed by atoms with Crippen molar-refractivity contribution < 1.29 is 9.13 Å². The fraction of sp³-hybridized carbons (Fsp3) is 0.565. The average Bonchev–Trinajstić information content (AvgIpc) is 3.25. The predicted octanol–water partition coefficient (Wildman–Crippen LogP) is 4.61. The summed E-state index contributed by atoms with van der Waals surface area (Å²) < 4.78 is 19.0. The summed E-state index contributed by atoms with van der Waals surface area (Å²) in [5.41, 5.74) is 2.05. The maximum absolute atomic E-state index is 14.0. The van der Waals surface area contributed by atoms with E-state index in [1.165, 1.54) is 23.9 Å². The zero-order chi connectivity index (χ0) is 22.2. The molecule has 6 nitrogen and oxygen atoms in total. The molecule has 0 spiro atoms. The molecule has 0 aliphatic carbocycles. The number of hydrogen-bond acceptors (Lipinski definition) is 5. The number of aliphatic imine (C=N–C) groups is 1. The summed E-state index contributed by atoms with van der Waals surface area (Å²) in [6.07, 6.45) is 3.34. The van der Waals surface area contributed by atoms with Gasteiger partial charge in [-0.3, -0.25) is 9.89 Å². The molecule has 32 heavy (non-hydrogen) atoms. The molecular formula is C23H35FIN5OS. The molecule has 0 amide bonds. The first kappa shape index (κ1) is 26.8. The van der Waals surface area contributed by atoms with Crippen molar-refractivity contribution in [1.29, 1.82) is 0 Å². The molecule has 1 saturated heterocycles. The van der Waals surface area contributed by atoms with Crippen molar-refractivity contribution in [2.45, 2.75) is 45.7 Å². The number of nitrogens with zero attached hydrogens (tertiary/aromatic N) is 3. The smallest absolute Gasteiger partial charge is 0.191 e. The summed E-state index contributed by atoms with van der Waals surface area (Å²) in [6, 6.07) is 4.96. The molecule has 2 N–H and O–H groups in total. The van der Waals surface area contributed by atoms with Crippen LogP contribution in [0.5, 0.6) is 5.75 Å². The van der Waals surface area contributed by atoms with Crippen LogP contribution < -0.4 is 15.4 Å². The molecule has 1 atom stereocenters. The molecule has 1 aromatic carbocycles. The molecule has 2 aromatic rings. The number of methoxy groups -OCH3 is 1. The monoisotopic (exact) mass is 575 g/mol. The van der Waals surface area contributed by atoms with E-state index in [-0.39, 0.29) is 41.6 Å². The van der Waals surface area contributed by atoms with E-state index >= 15 is 0 Å². The second kappa shape index (κ2) is 13.3. The van der Waals surface area contributed by atoms with Gasteiger partial charge >= 0.3 is 0 Å². The van der Waals surface area contributed by atoms with E-state index in [4.69, 9.17) is 9.72 Å². The van der Waals surface area contributed by atoms with Crippen LogP contribution in [0.2, 0.25) is 0 Å². The molecule has 3 rings (SSSR count). The van der Waals surface area contributed by atoms with Gasteiger partial charge in [0.2, 0.25) is 0 Å². The number of benzene rings is 1. The Bertz CT molecular complexity index is 870. The van der Waals surface area contributed by atoms with Crippen molar-refractivity contribution >= 4 is 41.3 Å². The summed E-state index contributed by atoms with van der Waals surface area (Å²) in [6.45, 7) is 8.18. The molecule has 9 heteroatoms. The van der Waals surface area contributed by atoms with Crippen molar-refractivity contribution in [2.24, 2.45) is 10.9 Å². The van der Waals surface area contributed by atoms with Crippen molar-refractivity contribution in [3.63, 3.8) is 0 Å². The van der Waals surface area contributed by atoms with Gasteiger partial charge in [0.05, 0.1) is 23.9 Å². The zero-order valence-electron chi connectivity index (χ0n) is 19.4. The third kappa shape index (κ3) is 7.55. The molecule has 1 aliphatic heterocycles. The van der Waals surface area contributed by atoms with Crippen molar-refractivity contribution in [1.82, 2.24) is 20.5 Å². The van der Waals surface area contributed by atoms with E-state index < -0.39 is 0 Å². The highest BCUT2D eigenvalue weighted by Crippen LogP contribution is 2.22. The third-order valence-corrected chi connectivity index (χ3v) is 6.85. The minimum Gasteiger partial charge on any atom is -0.494 e. The molecule has 1 aliphatic rings. The van der Waals surface area contributed by atoms with Crippen LogP contribution in [-0.4, -0.2) is 49.6 Å². The lowest BCUT2D eigenvalue weighted by atomic mass is 9.97. The predicted molar refractivity (Wildman–Crippen MR) is 141 cm³/mol. The van der Waals surface area contributed by atoms with E-state index in [0.717, 1.165) is 57.0 Å². The lowest BCUT2D eigenvalue weighted by molar-refractivity contribution is 0.176. The first-order chi connectivity index (χ1) is 15.0. The van der Waals surface area contributed by atoms with Gasteiger partial charge in [-0.2, -0.15) is 0 Å². The first-order valence-corrected chi connectivity index (χ1v) is 11.9. The second-order valence-electron chi connectivity index (χ2n) is 8.02. The van der Waals surface area contributed by atoms with Crippen molar-refractivity contribution in [3.8, 4) is 5.75 Å². The Morgan fingerprint density at radius 2 is 2.12 bits per heavy atom. The van der Waals surface area contributed by atoms with Gasteiger partial charge in [0.1, 0.15) is 0 Å². The highest BCUT2D eigenvalue weighted by molar-refractivity contribution is 14.0. The quantitative estimate of drug-likeness (QED) is 0.274. The third-order valence-electron chi connectivity index (χ3n) is 5.81. The van der Waals surface area contributed by atoms with Crippen LogP contribution >= 0.6 is 35.3 Å². The molecular weight excluding hydrogens is 540 g/mol. The van der Waals surface area contributed by atoms with E-state index in [9.17, 15) is 4.39 Å². The molecule has 2 heterocycles. The zero-order valence-corrected chi connectivity index (χ0v) is 22.5. The lowest BCUT2D eigenvalue weighted by Gasteiger charge is -2.32. The Morgan fingerprint density at radius 3 is 2.72 bits per heavy atom. The van der Waals surface area contributed by atoms with E-state index in [1.54, 1.807) is 24.5 Å². The average molecular weight is 576 g/mol. The Morgan fingerprint density at radius 1 is 1.38 bits per heavy atom. The van der Waals surface area contributed by atoms with Gasteiger partial charge in [-0.25, -0.2) is 9.37 Å². The van der Waals surface area contributed by atoms with Crippen LogP contribution in [0.25, 0.3) is 0 Å². The number of hydrogen-bond donors (Lipinski definition) is 2.